The van der Waals surface area contributed by atoms with Crippen molar-refractivity contribution >= 4 is 0 Å². The van der Waals surface area contributed by atoms with E-state index in [1.807, 2.05) is 0 Å². The number of hydrogen-bond donors (Lipinski definition) is 2. The molecule has 3 heteroatoms. The third-order valence-corrected chi connectivity index (χ3v) is 3.53. The molecular weight excluding hydrogens is 178 g/mol. The normalized spacial score (nSPS) is 35.6. The van der Waals surface area contributed by atoms with Crippen molar-refractivity contribution in [3.63, 3.8) is 0 Å². The van der Waals surface area contributed by atoms with Crippen LogP contribution in [0.15, 0.2) is 0 Å². The van der Waals surface area contributed by atoms with Gasteiger partial charge in [0.05, 0.1) is 6.10 Å². The van der Waals surface area contributed by atoms with E-state index in [2.05, 4.69) is 13.8 Å². The molecule has 0 aromatic carbocycles. The van der Waals surface area contributed by atoms with Crippen LogP contribution in [0.3, 0.4) is 0 Å². The van der Waals surface area contributed by atoms with E-state index in [1.54, 1.807) is 0 Å². The van der Waals surface area contributed by atoms with E-state index in [-0.39, 0.29) is 24.2 Å². The molecule has 3 N–H and O–H groups in total. The van der Waals surface area contributed by atoms with Gasteiger partial charge < -0.3 is 15.6 Å². The summed E-state index contributed by atoms with van der Waals surface area (Å²) in [6.45, 7) is 5.23. The highest BCUT2D eigenvalue weighted by Crippen LogP contribution is 2.40. The second-order valence-electron chi connectivity index (χ2n) is 4.49. The fourth-order valence-corrected chi connectivity index (χ4v) is 2.60. The Morgan fingerprint density at radius 2 is 2.36 bits per heavy atom. The van der Waals surface area contributed by atoms with Gasteiger partial charge in [-0.05, 0) is 38.0 Å². The fraction of sp³-hybridized carbons (Fsp3) is 1.00. The lowest BCUT2D eigenvalue weighted by molar-refractivity contribution is -0.0582. The Balaban J connectivity index is 2.68. The molecule has 0 aliphatic carbocycles. The molecule has 84 valence electrons. The maximum atomic E-state index is 9.12. The Hall–Kier alpha value is -0.120. The number of rotatable bonds is 4. The molecule has 0 radical (unpaired) electrons. The van der Waals surface area contributed by atoms with Crippen LogP contribution in [0.5, 0.6) is 0 Å². The lowest BCUT2D eigenvalue weighted by Gasteiger charge is -2.43. The van der Waals surface area contributed by atoms with Gasteiger partial charge in [-0.3, -0.25) is 0 Å². The Labute approximate surface area is 86.6 Å². The lowest BCUT2D eigenvalue weighted by Crippen LogP contribution is -2.47. The second kappa shape index (κ2) is 5.10. The van der Waals surface area contributed by atoms with Crippen molar-refractivity contribution in [2.45, 2.75) is 51.7 Å². The fourth-order valence-electron chi connectivity index (χ4n) is 2.60. The van der Waals surface area contributed by atoms with Gasteiger partial charge in [-0.1, -0.05) is 6.92 Å². The lowest BCUT2D eigenvalue weighted by atomic mass is 9.69. The van der Waals surface area contributed by atoms with E-state index in [0.717, 1.165) is 32.3 Å². The topological polar surface area (TPSA) is 55.5 Å². The summed E-state index contributed by atoms with van der Waals surface area (Å²) in [5, 5.41) is 9.12. The van der Waals surface area contributed by atoms with Crippen LogP contribution in [0.25, 0.3) is 0 Å². The van der Waals surface area contributed by atoms with E-state index >= 15 is 0 Å². The molecule has 1 aliphatic rings. The highest BCUT2D eigenvalue weighted by molar-refractivity contribution is 4.92. The van der Waals surface area contributed by atoms with Gasteiger partial charge in [-0.2, -0.15) is 0 Å². The molecule has 3 atom stereocenters. The van der Waals surface area contributed by atoms with Gasteiger partial charge in [0.2, 0.25) is 0 Å². The number of ether oxygens (including phenoxy) is 1. The Bertz CT molecular complexity index is 171. The Morgan fingerprint density at radius 3 is 2.86 bits per heavy atom. The Kier molecular flexibility index (Phi) is 4.35. The molecule has 1 heterocycles. The minimum Gasteiger partial charge on any atom is -0.396 e. The van der Waals surface area contributed by atoms with E-state index < -0.39 is 0 Å². The summed E-state index contributed by atoms with van der Waals surface area (Å²) in [5.74, 6) is 0. The van der Waals surface area contributed by atoms with Crippen LogP contribution in [0.1, 0.15) is 39.5 Å². The molecule has 3 nitrogen and oxygen atoms in total. The van der Waals surface area contributed by atoms with Gasteiger partial charge in [0.15, 0.2) is 0 Å². The zero-order chi connectivity index (χ0) is 10.6. The highest BCUT2D eigenvalue weighted by atomic mass is 16.5. The minimum absolute atomic E-state index is 0.112. The minimum atomic E-state index is 0.112. The molecule has 14 heavy (non-hydrogen) atoms. The molecule has 1 saturated heterocycles. The van der Waals surface area contributed by atoms with E-state index in [1.165, 1.54) is 0 Å². The predicted molar refractivity (Wildman–Crippen MR) is 57.1 cm³/mol. The standard InChI is InChI=1S/C11H23NO2/c1-3-10(12)11(4-6-13)5-7-14-9(2)8-11/h9-10,13H,3-8,12H2,1-2H3. The molecule has 1 fully saturated rings. The van der Waals surface area contributed by atoms with Crippen molar-refractivity contribution in [3.05, 3.63) is 0 Å². The van der Waals surface area contributed by atoms with Crippen molar-refractivity contribution in [1.82, 2.24) is 0 Å². The summed E-state index contributed by atoms with van der Waals surface area (Å²) in [4.78, 5) is 0. The number of aliphatic hydroxyl groups excluding tert-OH is 1. The maximum Gasteiger partial charge on any atom is 0.0552 e. The van der Waals surface area contributed by atoms with E-state index in [0.29, 0.717) is 0 Å². The molecule has 1 aliphatic heterocycles. The van der Waals surface area contributed by atoms with Crippen molar-refractivity contribution in [1.29, 1.82) is 0 Å². The predicted octanol–water partition coefficient (Wildman–Crippen LogP) is 1.29. The summed E-state index contributed by atoms with van der Waals surface area (Å²) >= 11 is 0. The quantitative estimate of drug-likeness (QED) is 0.720. The molecular formula is C11H23NO2. The number of aliphatic hydroxyl groups is 1. The van der Waals surface area contributed by atoms with Crippen LogP contribution in [-0.4, -0.2) is 30.5 Å². The van der Waals surface area contributed by atoms with Crippen molar-refractivity contribution in [3.8, 4) is 0 Å². The number of nitrogens with two attached hydrogens (primary N) is 1. The van der Waals surface area contributed by atoms with Gasteiger partial charge in [-0.25, -0.2) is 0 Å². The van der Waals surface area contributed by atoms with Crippen LogP contribution in [0, 0.1) is 5.41 Å². The van der Waals surface area contributed by atoms with Crippen LogP contribution in [-0.2, 0) is 4.74 Å². The number of hydrogen-bond acceptors (Lipinski definition) is 3. The van der Waals surface area contributed by atoms with Crippen LogP contribution >= 0.6 is 0 Å². The maximum absolute atomic E-state index is 9.12. The van der Waals surface area contributed by atoms with Crippen molar-refractivity contribution in [2.24, 2.45) is 11.1 Å². The van der Waals surface area contributed by atoms with E-state index in [4.69, 9.17) is 15.6 Å². The largest absolute Gasteiger partial charge is 0.396 e. The smallest absolute Gasteiger partial charge is 0.0552 e. The van der Waals surface area contributed by atoms with Crippen molar-refractivity contribution < 1.29 is 9.84 Å². The first kappa shape index (κ1) is 12.0. The zero-order valence-corrected chi connectivity index (χ0v) is 9.33. The molecule has 0 amide bonds. The summed E-state index contributed by atoms with van der Waals surface area (Å²) < 4.78 is 5.54. The Morgan fingerprint density at radius 1 is 1.64 bits per heavy atom. The van der Waals surface area contributed by atoms with Crippen LogP contribution < -0.4 is 5.73 Å². The van der Waals surface area contributed by atoms with Crippen molar-refractivity contribution in [2.75, 3.05) is 13.2 Å². The zero-order valence-electron chi connectivity index (χ0n) is 9.33. The molecule has 0 aromatic heterocycles. The summed E-state index contributed by atoms with van der Waals surface area (Å²) in [6.07, 6.45) is 4.06. The second-order valence-corrected chi connectivity index (χ2v) is 4.49. The molecule has 0 aromatic rings. The van der Waals surface area contributed by atoms with Gasteiger partial charge in [0.1, 0.15) is 0 Å². The molecule has 1 rings (SSSR count). The molecule has 0 bridgehead atoms. The third-order valence-electron chi connectivity index (χ3n) is 3.53. The van der Waals surface area contributed by atoms with Gasteiger partial charge in [0.25, 0.3) is 0 Å². The SMILES string of the molecule is CCC(N)C1(CCO)CCOC(C)C1. The highest BCUT2D eigenvalue weighted by Gasteiger charge is 2.39. The first-order valence-corrected chi connectivity index (χ1v) is 5.62. The van der Waals surface area contributed by atoms with Gasteiger partial charge >= 0.3 is 0 Å². The first-order chi connectivity index (χ1) is 6.64. The third kappa shape index (κ3) is 2.47. The first-order valence-electron chi connectivity index (χ1n) is 5.62. The van der Waals surface area contributed by atoms with E-state index in [9.17, 15) is 0 Å². The van der Waals surface area contributed by atoms with Crippen LogP contribution in [0.4, 0.5) is 0 Å². The average Bonchev–Trinajstić information content (AvgIpc) is 2.17. The summed E-state index contributed by atoms with van der Waals surface area (Å²) in [7, 11) is 0. The monoisotopic (exact) mass is 201 g/mol. The van der Waals surface area contributed by atoms with Gasteiger partial charge in [-0.15, -0.1) is 0 Å². The summed E-state index contributed by atoms with van der Waals surface area (Å²) in [5.41, 5.74) is 6.28. The summed E-state index contributed by atoms with van der Waals surface area (Å²) in [6, 6.07) is 0.195. The van der Waals surface area contributed by atoms with Crippen LogP contribution in [0.2, 0.25) is 0 Å². The van der Waals surface area contributed by atoms with Gasteiger partial charge in [0, 0.05) is 19.3 Å². The molecule has 0 saturated carbocycles. The average molecular weight is 201 g/mol. The molecule has 3 unspecified atom stereocenters. The molecule has 0 spiro atoms.